The van der Waals surface area contributed by atoms with Crippen LogP contribution >= 0.6 is 0 Å². The smallest absolute Gasteiger partial charge is 0.0480 e. The summed E-state index contributed by atoms with van der Waals surface area (Å²) in [7, 11) is -0.914. The van der Waals surface area contributed by atoms with Gasteiger partial charge in [-0.25, -0.2) is 0 Å². The van der Waals surface area contributed by atoms with Gasteiger partial charge in [-0.2, -0.15) is 0 Å². The first-order chi connectivity index (χ1) is 6.97. The van der Waals surface area contributed by atoms with Gasteiger partial charge >= 0.3 is 0 Å². The van der Waals surface area contributed by atoms with E-state index < -0.39 is 8.07 Å². The molecule has 0 aliphatic rings. The van der Waals surface area contributed by atoms with Gasteiger partial charge < -0.3 is 0 Å². The molecule has 0 aromatic heterocycles. The molecule has 82 valence electrons. The Hall–Kier alpha value is -0.823. The van der Waals surface area contributed by atoms with Gasteiger partial charge in [0.15, 0.2) is 0 Å². The van der Waals surface area contributed by atoms with Crippen molar-refractivity contribution in [2.75, 3.05) is 0 Å². The van der Waals surface area contributed by atoms with Gasteiger partial charge in [0.05, 0.1) is 0 Å². The standard InChI is InChI=1S/C14H22Si/c1-13(10-11-15(2,3)4)12-14-8-6-5-7-9-14/h5-10H,11-12H2,1-4H3. The van der Waals surface area contributed by atoms with Crippen molar-refractivity contribution >= 4 is 8.07 Å². The first-order valence-corrected chi connectivity index (χ1v) is 9.38. The fourth-order valence-electron chi connectivity index (χ4n) is 1.47. The highest BCUT2D eigenvalue weighted by atomic mass is 28.3. The topological polar surface area (TPSA) is 0 Å². The van der Waals surface area contributed by atoms with Gasteiger partial charge in [-0.05, 0) is 25.0 Å². The van der Waals surface area contributed by atoms with Crippen LogP contribution in [0.15, 0.2) is 42.0 Å². The van der Waals surface area contributed by atoms with Crippen molar-refractivity contribution in [1.82, 2.24) is 0 Å². The van der Waals surface area contributed by atoms with E-state index in [1.807, 2.05) is 0 Å². The van der Waals surface area contributed by atoms with E-state index in [2.05, 4.69) is 63.0 Å². The molecule has 1 rings (SSSR count). The van der Waals surface area contributed by atoms with Gasteiger partial charge in [0.2, 0.25) is 0 Å². The molecule has 0 saturated heterocycles. The molecule has 0 N–H and O–H groups in total. The molecule has 0 atom stereocenters. The number of hydrogen-bond donors (Lipinski definition) is 0. The zero-order chi connectivity index (χ0) is 11.3. The van der Waals surface area contributed by atoms with Crippen LogP contribution in [0.25, 0.3) is 0 Å². The van der Waals surface area contributed by atoms with E-state index in [0.29, 0.717) is 0 Å². The lowest BCUT2D eigenvalue weighted by atomic mass is 10.1. The van der Waals surface area contributed by atoms with Crippen molar-refractivity contribution in [3.05, 3.63) is 47.5 Å². The Morgan fingerprint density at radius 1 is 1.13 bits per heavy atom. The number of benzene rings is 1. The maximum Gasteiger partial charge on any atom is 0.0480 e. The Labute approximate surface area is 95.0 Å². The summed E-state index contributed by atoms with van der Waals surface area (Å²) in [6, 6.07) is 12.0. The molecule has 0 saturated carbocycles. The summed E-state index contributed by atoms with van der Waals surface area (Å²) >= 11 is 0. The van der Waals surface area contributed by atoms with E-state index in [-0.39, 0.29) is 0 Å². The van der Waals surface area contributed by atoms with Crippen LogP contribution in [-0.2, 0) is 6.42 Å². The van der Waals surface area contributed by atoms with Crippen LogP contribution in [0.2, 0.25) is 25.7 Å². The van der Waals surface area contributed by atoms with Gasteiger partial charge in [0.25, 0.3) is 0 Å². The van der Waals surface area contributed by atoms with Crippen LogP contribution in [-0.4, -0.2) is 8.07 Å². The SMILES string of the molecule is CC(=CC[Si](C)(C)C)Cc1ccccc1. The van der Waals surface area contributed by atoms with Crippen molar-refractivity contribution in [2.45, 2.75) is 39.0 Å². The summed E-state index contributed by atoms with van der Waals surface area (Å²) in [5.74, 6) is 0. The maximum atomic E-state index is 2.43. The second-order valence-electron chi connectivity index (χ2n) is 5.48. The summed E-state index contributed by atoms with van der Waals surface area (Å²) in [5, 5.41) is 0. The molecule has 0 spiro atoms. The normalized spacial score (nSPS) is 12.9. The molecule has 0 heterocycles. The number of rotatable bonds is 4. The Morgan fingerprint density at radius 3 is 2.27 bits per heavy atom. The lowest BCUT2D eigenvalue weighted by Crippen LogP contribution is -2.17. The second kappa shape index (κ2) is 5.31. The summed E-state index contributed by atoms with van der Waals surface area (Å²) < 4.78 is 0. The highest BCUT2D eigenvalue weighted by Gasteiger charge is 2.10. The molecular weight excluding hydrogens is 196 g/mol. The van der Waals surface area contributed by atoms with E-state index in [4.69, 9.17) is 0 Å². The predicted molar refractivity (Wildman–Crippen MR) is 72.1 cm³/mol. The van der Waals surface area contributed by atoms with Crippen molar-refractivity contribution < 1.29 is 0 Å². The molecule has 0 unspecified atom stereocenters. The zero-order valence-corrected chi connectivity index (χ0v) is 11.4. The van der Waals surface area contributed by atoms with Crippen molar-refractivity contribution in [3.8, 4) is 0 Å². The lowest BCUT2D eigenvalue weighted by Gasteiger charge is -2.13. The molecule has 0 aliphatic carbocycles. The average Bonchev–Trinajstić information content (AvgIpc) is 2.15. The number of allylic oxidation sites excluding steroid dienone is 2. The third kappa shape index (κ3) is 5.58. The van der Waals surface area contributed by atoms with Crippen LogP contribution in [0.3, 0.4) is 0 Å². The van der Waals surface area contributed by atoms with Crippen LogP contribution in [0.1, 0.15) is 12.5 Å². The monoisotopic (exact) mass is 218 g/mol. The van der Waals surface area contributed by atoms with Crippen molar-refractivity contribution in [3.63, 3.8) is 0 Å². The summed E-state index contributed by atoms with van der Waals surface area (Å²) in [4.78, 5) is 0. The molecule has 1 heteroatoms. The van der Waals surface area contributed by atoms with Gasteiger partial charge in [-0.1, -0.05) is 61.6 Å². The molecule has 0 fully saturated rings. The first kappa shape index (κ1) is 12.2. The summed E-state index contributed by atoms with van der Waals surface area (Å²) in [6.45, 7) is 9.49. The first-order valence-electron chi connectivity index (χ1n) is 5.67. The molecule has 1 aromatic carbocycles. The van der Waals surface area contributed by atoms with Crippen molar-refractivity contribution in [1.29, 1.82) is 0 Å². The molecule has 0 bridgehead atoms. The van der Waals surface area contributed by atoms with E-state index in [1.165, 1.54) is 17.2 Å². The van der Waals surface area contributed by atoms with E-state index in [9.17, 15) is 0 Å². The van der Waals surface area contributed by atoms with E-state index >= 15 is 0 Å². The predicted octanol–water partition coefficient (Wildman–Crippen LogP) is 4.51. The minimum Gasteiger partial charge on any atom is -0.0879 e. The molecule has 0 radical (unpaired) electrons. The van der Waals surface area contributed by atoms with Crippen LogP contribution in [0, 0.1) is 0 Å². The zero-order valence-electron chi connectivity index (χ0n) is 10.4. The molecule has 0 amide bonds. The average molecular weight is 218 g/mol. The Morgan fingerprint density at radius 2 is 1.73 bits per heavy atom. The van der Waals surface area contributed by atoms with Gasteiger partial charge in [-0.15, -0.1) is 0 Å². The molecule has 0 aliphatic heterocycles. The highest BCUT2D eigenvalue weighted by molar-refractivity contribution is 6.76. The minimum atomic E-state index is -0.914. The highest BCUT2D eigenvalue weighted by Crippen LogP contribution is 2.13. The Kier molecular flexibility index (Phi) is 4.34. The maximum absolute atomic E-state index is 2.43. The van der Waals surface area contributed by atoms with Crippen LogP contribution in [0.5, 0.6) is 0 Å². The molecule has 0 nitrogen and oxygen atoms in total. The fraction of sp³-hybridized carbons (Fsp3) is 0.429. The second-order valence-corrected chi connectivity index (χ2v) is 11.0. The largest absolute Gasteiger partial charge is 0.0879 e. The van der Waals surface area contributed by atoms with E-state index in [1.54, 1.807) is 0 Å². The van der Waals surface area contributed by atoms with Crippen molar-refractivity contribution in [2.24, 2.45) is 0 Å². The Balaban J connectivity index is 2.53. The van der Waals surface area contributed by atoms with Gasteiger partial charge in [0, 0.05) is 8.07 Å². The summed E-state index contributed by atoms with van der Waals surface area (Å²) in [5.41, 5.74) is 2.92. The fourth-order valence-corrected chi connectivity index (χ4v) is 2.43. The molecule has 1 aromatic rings. The van der Waals surface area contributed by atoms with Crippen LogP contribution < -0.4 is 0 Å². The molecule has 15 heavy (non-hydrogen) atoms. The lowest BCUT2D eigenvalue weighted by molar-refractivity contribution is 1.13. The quantitative estimate of drug-likeness (QED) is 0.515. The number of hydrogen-bond acceptors (Lipinski definition) is 0. The third-order valence-electron chi connectivity index (χ3n) is 2.39. The summed E-state index contributed by atoms with van der Waals surface area (Å²) in [6.07, 6.45) is 3.53. The molecular formula is C14H22Si. The van der Waals surface area contributed by atoms with Crippen LogP contribution in [0.4, 0.5) is 0 Å². The van der Waals surface area contributed by atoms with Gasteiger partial charge in [0.1, 0.15) is 0 Å². The van der Waals surface area contributed by atoms with Gasteiger partial charge in [-0.3, -0.25) is 0 Å². The third-order valence-corrected chi connectivity index (χ3v) is 3.82. The minimum absolute atomic E-state index is 0.914. The Bertz CT molecular complexity index is 317. The van der Waals surface area contributed by atoms with E-state index in [0.717, 1.165) is 6.42 Å².